The highest BCUT2D eigenvalue weighted by Crippen LogP contribution is 2.24. The Morgan fingerprint density at radius 3 is 2.83 bits per heavy atom. The minimum Gasteiger partial charge on any atom is -0.492 e. The lowest BCUT2D eigenvalue weighted by Crippen LogP contribution is -2.16. The number of benzene rings is 1. The number of ether oxygens (including phenoxy) is 1. The molecule has 0 radical (unpaired) electrons. The number of carbonyl (C=O) groups excluding carboxylic acids is 1. The molecule has 0 saturated heterocycles. The van der Waals surface area contributed by atoms with Gasteiger partial charge in [0.15, 0.2) is 0 Å². The molecule has 1 amide bonds. The highest BCUT2D eigenvalue weighted by molar-refractivity contribution is 6.05. The van der Waals surface area contributed by atoms with E-state index in [-0.39, 0.29) is 5.91 Å². The summed E-state index contributed by atoms with van der Waals surface area (Å²) in [6.07, 6.45) is 1.64. The van der Waals surface area contributed by atoms with Crippen molar-refractivity contribution in [2.75, 3.05) is 11.9 Å². The van der Waals surface area contributed by atoms with Crippen LogP contribution < -0.4 is 10.1 Å². The zero-order valence-corrected chi connectivity index (χ0v) is 13.2. The van der Waals surface area contributed by atoms with Gasteiger partial charge in [-0.3, -0.25) is 4.79 Å². The molecule has 0 bridgehead atoms. The number of anilines is 1. The lowest BCUT2D eigenvalue weighted by atomic mass is 10.2. The van der Waals surface area contributed by atoms with Crippen LogP contribution in [0.15, 0.2) is 30.5 Å². The first-order valence-electron chi connectivity index (χ1n) is 7.32. The van der Waals surface area contributed by atoms with Gasteiger partial charge in [0.2, 0.25) is 0 Å². The fraction of sp³-hybridized carbons (Fsp3) is 0.250. The van der Waals surface area contributed by atoms with Gasteiger partial charge in [-0.05, 0) is 32.9 Å². The van der Waals surface area contributed by atoms with Gasteiger partial charge < -0.3 is 10.1 Å². The summed E-state index contributed by atoms with van der Waals surface area (Å²) < 4.78 is 7.03. The van der Waals surface area contributed by atoms with Gasteiger partial charge >= 0.3 is 0 Å². The molecule has 0 atom stereocenters. The molecule has 7 heteroatoms. The molecule has 118 valence electrons. The number of amides is 1. The van der Waals surface area contributed by atoms with Crippen LogP contribution in [0.1, 0.15) is 28.8 Å². The molecule has 23 heavy (non-hydrogen) atoms. The molecule has 7 nitrogen and oxygen atoms in total. The Hall–Kier alpha value is -2.96. The lowest BCUT2D eigenvalue weighted by Gasteiger charge is -2.12. The molecule has 3 aromatic rings. The lowest BCUT2D eigenvalue weighted by molar-refractivity contribution is 0.102. The SMILES string of the molecule is CCOc1ccccc1NC(=O)c1cn2nc(C)nc2nc1C. The number of nitrogens with one attached hydrogen (secondary N) is 1. The minimum atomic E-state index is -0.266. The summed E-state index contributed by atoms with van der Waals surface area (Å²) in [6, 6.07) is 7.31. The molecule has 0 fully saturated rings. The third-order valence-electron chi connectivity index (χ3n) is 3.31. The van der Waals surface area contributed by atoms with E-state index in [0.717, 1.165) is 0 Å². The Balaban J connectivity index is 1.93. The van der Waals surface area contributed by atoms with E-state index < -0.39 is 0 Å². The number of hydrogen-bond acceptors (Lipinski definition) is 5. The van der Waals surface area contributed by atoms with Crippen LogP contribution in [0.2, 0.25) is 0 Å². The van der Waals surface area contributed by atoms with E-state index in [0.29, 0.717) is 40.9 Å². The second kappa shape index (κ2) is 6.04. The van der Waals surface area contributed by atoms with Gasteiger partial charge in [0.1, 0.15) is 11.6 Å². The average molecular weight is 311 g/mol. The van der Waals surface area contributed by atoms with Crippen molar-refractivity contribution in [1.82, 2.24) is 19.6 Å². The van der Waals surface area contributed by atoms with Crippen LogP contribution in [0.25, 0.3) is 5.78 Å². The van der Waals surface area contributed by atoms with Crippen molar-refractivity contribution in [2.45, 2.75) is 20.8 Å². The van der Waals surface area contributed by atoms with Crippen molar-refractivity contribution in [3.63, 3.8) is 0 Å². The summed E-state index contributed by atoms with van der Waals surface area (Å²) in [7, 11) is 0. The number of hydrogen-bond donors (Lipinski definition) is 1. The predicted octanol–water partition coefficient (Wildman–Crippen LogP) is 2.39. The van der Waals surface area contributed by atoms with Gasteiger partial charge in [0.05, 0.1) is 23.6 Å². The third-order valence-corrected chi connectivity index (χ3v) is 3.31. The Kier molecular flexibility index (Phi) is 3.92. The average Bonchev–Trinajstić information content (AvgIpc) is 2.87. The molecule has 1 aromatic carbocycles. The van der Waals surface area contributed by atoms with Crippen LogP contribution in [0.3, 0.4) is 0 Å². The van der Waals surface area contributed by atoms with Crippen molar-refractivity contribution in [2.24, 2.45) is 0 Å². The zero-order chi connectivity index (χ0) is 16.4. The number of para-hydroxylation sites is 2. The first-order valence-corrected chi connectivity index (χ1v) is 7.32. The van der Waals surface area contributed by atoms with Crippen LogP contribution in [0.5, 0.6) is 5.75 Å². The van der Waals surface area contributed by atoms with Gasteiger partial charge in [-0.25, -0.2) is 9.50 Å². The van der Waals surface area contributed by atoms with E-state index in [9.17, 15) is 4.79 Å². The number of nitrogens with zero attached hydrogens (tertiary/aromatic N) is 4. The first-order chi connectivity index (χ1) is 11.1. The Morgan fingerprint density at radius 1 is 1.26 bits per heavy atom. The van der Waals surface area contributed by atoms with Crippen molar-refractivity contribution in [3.8, 4) is 5.75 Å². The summed E-state index contributed by atoms with van der Waals surface area (Å²) in [5, 5.41) is 7.05. The molecule has 0 unspecified atom stereocenters. The van der Waals surface area contributed by atoms with Crippen molar-refractivity contribution in [3.05, 3.63) is 47.5 Å². The maximum absolute atomic E-state index is 12.6. The number of rotatable bonds is 4. The fourth-order valence-electron chi connectivity index (χ4n) is 2.27. The summed E-state index contributed by atoms with van der Waals surface area (Å²) in [6.45, 7) is 5.97. The third kappa shape index (κ3) is 2.98. The van der Waals surface area contributed by atoms with E-state index in [4.69, 9.17) is 4.74 Å². The number of carbonyl (C=O) groups is 1. The molecule has 0 saturated carbocycles. The Bertz CT molecular complexity index is 872. The highest BCUT2D eigenvalue weighted by atomic mass is 16.5. The first kappa shape index (κ1) is 15.0. The Morgan fingerprint density at radius 2 is 2.04 bits per heavy atom. The molecule has 0 aliphatic carbocycles. The second-order valence-electron chi connectivity index (χ2n) is 5.03. The standard InChI is InChI=1S/C16H17N5O2/c1-4-23-14-8-6-5-7-13(14)19-15(22)12-9-21-16(17-10(12)2)18-11(3)20-21/h5-9H,4H2,1-3H3,(H,19,22). The van der Waals surface area contributed by atoms with Crippen molar-refractivity contribution >= 4 is 17.4 Å². The van der Waals surface area contributed by atoms with Gasteiger partial charge in [-0.2, -0.15) is 10.1 Å². The van der Waals surface area contributed by atoms with Crippen molar-refractivity contribution in [1.29, 1.82) is 0 Å². The second-order valence-corrected chi connectivity index (χ2v) is 5.03. The van der Waals surface area contributed by atoms with Crippen LogP contribution in [0.4, 0.5) is 5.69 Å². The van der Waals surface area contributed by atoms with Gasteiger partial charge in [0.25, 0.3) is 11.7 Å². The quantitative estimate of drug-likeness (QED) is 0.800. The van der Waals surface area contributed by atoms with Gasteiger partial charge in [-0.1, -0.05) is 12.1 Å². The largest absolute Gasteiger partial charge is 0.492 e. The van der Waals surface area contributed by atoms with E-state index in [2.05, 4.69) is 20.4 Å². The van der Waals surface area contributed by atoms with Crippen LogP contribution in [-0.4, -0.2) is 32.1 Å². The molecule has 0 aliphatic rings. The number of fused-ring (bicyclic) bond motifs is 1. The molecule has 0 spiro atoms. The summed E-state index contributed by atoms with van der Waals surface area (Å²) in [4.78, 5) is 21.1. The van der Waals surface area contributed by atoms with Crippen LogP contribution in [0, 0.1) is 13.8 Å². The minimum absolute atomic E-state index is 0.266. The Labute approximate surface area is 133 Å². The number of aromatic nitrogens is 4. The van der Waals surface area contributed by atoms with E-state index >= 15 is 0 Å². The zero-order valence-electron chi connectivity index (χ0n) is 13.2. The molecule has 3 rings (SSSR count). The van der Waals surface area contributed by atoms with Gasteiger partial charge in [-0.15, -0.1) is 0 Å². The van der Waals surface area contributed by atoms with Crippen molar-refractivity contribution < 1.29 is 9.53 Å². The predicted molar refractivity (Wildman–Crippen MR) is 85.8 cm³/mol. The monoisotopic (exact) mass is 311 g/mol. The highest BCUT2D eigenvalue weighted by Gasteiger charge is 2.15. The molecule has 2 heterocycles. The normalized spacial score (nSPS) is 10.7. The summed E-state index contributed by atoms with van der Waals surface area (Å²) in [5.74, 6) is 1.45. The van der Waals surface area contributed by atoms with E-state index in [1.807, 2.05) is 25.1 Å². The van der Waals surface area contributed by atoms with Crippen LogP contribution in [-0.2, 0) is 0 Å². The summed E-state index contributed by atoms with van der Waals surface area (Å²) >= 11 is 0. The molecule has 2 aromatic heterocycles. The topological polar surface area (TPSA) is 81.4 Å². The fourth-order valence-corrected chi connectivity index (χ4v) is 2.27. The number of aryl methyl sites for hydroxylation is 2. The summed E-state index contributed by atoms with van der Waals surface area (Å²) in [5.41, 5.74) is 1.65. The van der Waals surface area contributed by atoms with E-state index in [1.54, 1.807) is 26.1 Å². The molecule has 1 N–H and O–H groups in total. The smallest absolute Gasteiger partial charge is 0.259 e. The molecular formula is C16H17N5O2. The van der Waals surface area contributed by atoms with Crippen LogP contribution >= 0.6 is 0 Å². The maximum Gasteiger partial charge on any atom is 0.259 e. The maximum atomic E-state index is 12.6. The molecular weight excluding hydrogens is 294 g/mol. The molecule has 0 aliphatic heterocycles. The van der Waals surface area contributed by atoms with E-state index in [1.165, 1.54) is 4.52 Å². The van der Waals surface area contributed by atoms with Gasteiger partial charge in [0, 0.05) is 6.20 Å².